The van der Waals surface area contributed by atoms with E-state index in [4.69, 9.17) is 0 Å². The number of rotatable bonds is 8. The summed E-state index contributed by atoms with van der Waals surface area (Å²) in [4.78, 5) is 26.4. The zero-order valence-corrected chi connectivity index (χ0v) is 15.3. The molecule has 1 N–H and O–H groups in total. The second-order valence-corrected chi connectivity index (χ2v) is 6.87. The normalized spacial score (nSPS) is 12.5. The molecule has 0 aliphatic heterocycles. The van der Waals surface area contributed by atoms with E-state index < -0.39 is 0 Å². The number of Topliss-reactive ketones (excluding diaryl/α,β-unsaturated/α-hetero) is 1. The van der Waals surface area contributed by atoms with Gasteiger partial charge >= 0.3 is 0 Å². The fraction of sp³-hybridized carbons (Fsp3) is 0.364. The first kappa shape index (κ1) is 18.2. The second kappa shape index (κ2) is 8.65. The number of amides is 1. The first-order valence-corrected chi connectivity index (χ1v) is 9.31. The zero-order chi connectivity index (χ0) is 18.4. The molecule has 1 aliphatic carbocycles. The number of nitrogens with one attached hydrogen (secondary N) is 1. The molecule has 2 aromatic rings. The number of nitrogens with zero attached hydrogens (tertiary/aromatic N) is 1. The summed E-state index contributed by atoms with van der Waals surface area (Å²) in [5.41, 5.74) is 4.52. The van der Waals surface area contributed by atoms with Crippen LogP contribution in [-0.2, 0) is 17.6 Å². The van der Waals surface area contributed by atoms with Crippen LogP contribution in [0.3, 0.4) is 0 Å². The number of ketones is 1. The summed E-state index contributed by atoms with van der Waals surface area (Å²) in [6.07, 6.45) is 3.85. The minimum atomic E-state index is -0.0685. The van der Waals surface area contributed by atoms with Gasteiger partial charge in [-0.25, -0.2) is 0 Å². The fourth-order valence-corrected chi connectivity index (χ4v) is 3.38. The largest absolute Gasteiger partial charge is 0.373 e. The van der Waals surface area contributed by atoms with Gasteiger partial charge in [-0.15, -0.1) is 0 Å². The number of hydrogen-bond donors (Lipinski definition) is 1. The predicted molar refractivity (Wildman–Crippen MR) is 105 cm³/mol. The van der Waals surface area contributed by atoms with Gasteiger partial charge in [0.25, 0.3) is 0 Å². The van der Waals surface area contributed by atoms with Crippen molar-refractivity contribution in [1.29, 1.82) is 0 Å². The van der Waals surface area contributed by atoms with E-state index in [-0.39, 0.29) is 24.5 Å². The molecular formula is C22H26N2O2. The molecule has 0 atom stereocenters. The molecule has 136 valence electrons. The Balaban J connectivity index is 1.39. The first-order valence-electron chi connectivity index (χ1n) is 9.31. The second-order valence-electron chi connectivity index (χ2n) is 6.87. The molecule has 2 aromatic carbocycles. The van der Waals surface area contributed by atoms with E-state index in [2.05, 4.69) is 16.3 Å². The van der Waals surface area contributed by atoms with E-state index in [9.17, 15) is 9.59 Å². The van der Waals surface area contributed by atoms with Gasteiger partial charge in [0.2, 0.25) is 5.91 Å². The maximum atomic E-state index is 12.3. The summed E-state index contributed by atoms with van der Waals surface area (Å²) in [7, 11) is 2.00. The Morgan fingerprint density at radius 1 is 1.00 bits per heavy atom. The smallest absolute Gasteiger partial charge is 0.220 e. The van der Waals surface area contributed by atoms with Crippen molar-refractivity contribution < 1.29 is 9.59 Å². The van der Waals surface area contributed by atoms with Crippen LogP contribution in [-0.4, -0.2) is 31.8 Å². The number of fused-ring (bicyclic) bond motifs is 1. The monoisotopic (exact) mass is 350 g/mol. The highest BCUT2D eigenvalue weighted by Crippen LogP contribution is 2.23. The van der Waals surface area contributed by atoms with Crippen molar-refractivity contribution in [3.8, 4) is 0 Å². The molecule has 4 nitrogen and oxygen atoms in total. The van der Waals surface area contributed by atoms with E-state index in [0.29, 0.717) is 6.54 Å². The lowest BCUT2D eigenvalue weighted by Crippen LogP contribution is -2.33. The van der Waals surface area contributed by atoms with Crippen LogP contribution < -0.4 is 10.2 Å². The molecule has 1 amide bonds. The molecule has 0 bridgehead atoms. The van der Waals surface area contributed by atoms with E-state index in [1.54, 1.807) is 0 Å². The lowest BCUT2D eigenvalue weighted by atomic mass is 10.0. The summed E-state index contributed by atoms with van der Waals surface area (Å²) < 4.78 is 0. The number of likely N-dealkylation sites (N-methyl/N-ethyl adjacent to an activating group) is 1. The number of benzene rings is 2. The van der Waals surface area contributed by atoms with Crippen LogP contribution >= 0.6 is 0 Å². The van der Waals surface area contributed by atoms with Gasteiger partial charge in [-0.3, -0.25) is 9.59 Å². The fourth-order valence-electron chi connectivity index (χ4n) is 3.38. The zero-order valence-electron chi connectivity index (χ0n) is 15.3. The van der Waals surface area contributed by atoms with Gasteiger partial charge in [0.15, 0.2) is 5.78 Å². The average Bonchev–Trinajstić information content (AvgIpc) is 3.14. The molecule has 0 fully saturated rings. The highest BCUT2D eigenvalue weighted by molar-refractivity contribution is 5.98. The number of para-hydroxylation sites is 1. The lowest BCUT2D eigenvalue weighted by Gasteiger charge is -2.19. The molecule has 0 spiro atoms. The highest BCUT2D eigenvalue weighted by atomic mass is 16.2. The van der Waals surface area contributed by atoms with Gasteiger partial charge in [0.1, 0.15) is 0 Å². The van der Waals surface area contributed by atoms with Gasteiger partial charge in [-0.2, -0.15) is 0 Å². The number of carbonyl (C=O) groups is 2. The van der Waals surface area contributed by atoms with Gasteiger partial charge in [0, 0.05) is 44.2 Å². The topological polar surface area (TPSA) is 49.4 Å². The third kappa shape index (κ3) is 4.72. The van der Waals surface area contributed by atoms with Crippen LogP contribution in [0.2, 0.25) is 0 Å². The van der Waals surface area contributed by atoms with Crippen LogP contribution in [0.1, 0.15) is 40.7 Å². The molecule has 1 aliphatic rings. The molecule has 0 heterocycles. The minimum absolute atomic E-state index is 0.0521. The Morgan fingerprint density at radius 2 is 1.77 bits per heavy atom. The Labute approximate surface area is 155 Å². The predicted octanol–water partition coefficient (Wildman–Crippen LogP) is 3.39. The molecule has 3 rings (SSSR count). The molecule has 0 saturated carbocycles. The van der Waals surface area contributed by atoms with Crippen LogP contribution in [0.25, 0.3) is 0 Å². The quantitative estimate of drug-likeness (QED) is 0.743. The summed E-state index contributed by atoms with van der Waals surface area (Å²) in [6.45, 7) is 1.30. The average molecular weight is 350 g/mol. The minimum Gasteiger partial charge on any atom is -0.373 e. The number of hydrogen-bond acceptors (Lipinski definition) is 3. The van der Waals surface area contributed by atoms with Gasteiger partial charge in [-0.05, 0) is 48.6 Å². The molecular weight excluding hydrogens is 324 g/mol. The van der Waals surface area contributed by atoms with Crippen molar-refractivity contribution in [3.63, 3.8) is 0 Å². The lowest BCUT2D eigenvalue weighted by molar-refractivity contribution is -0.121. The Hall–Kier alpha value is -2.62. The Morgan fingerprint density at radius 3 is 2.58 bits per heavy atom. The Kier molecular flexibility index (Phi) is 6.05. The first-order chi connectivity index (χ1) is 12.6. The maximum absolute atomic E-state index is 12.3. The van der Waals surface area contributed by atoms with Crippen molar-refractivity contribution in [3.05, 3.63) is 65.2 Å². The SMILES string of the molecule is CN(CCNC(=O)CCC(=O)c1ccc2c(c1)CCC2)c1ccccc1. The molecule has 0 radical (unpaired) electrons. The van der Waals surface area contributed by atoms with Crippen molar-refractivity contribution in [2.45, 2.75) is 32.1 Å². The molecule has 0 aromatic heterocycles. The van der Waals surface area contributed by atoms with Crippen LogP contribution in [0.5, 0.6) is 0 Å². The molecule has 26 heavy (non-hydrogen) atoms. The highest BCUT2D eigenvalue weighted by Gasteiger charge is 2.14. The van der Waals surface area contributed by atoms with Crippen LogP contribution in [0.4, 0.5) is 5.69 Å². The van der Waals surface area contributed by atoms with Crippen LogP contribution in [0, 0.1) is 0 Å². The molecule has 0 saturated heterocycles. The summed E-state index contributed by atoms with van der Waals surface area (Å²) >= 11 is 0. The summed E-state index contributed by atoms with van der Waals surface area (Å²) in [5.74, 6) is -0.0165. The molecule has 4 heteroatoms. The van der Waals surface area contributed by atoms with E-state index in [0.717, 1.165) is 30.6 Å². The number of anilines is 1. The molecule has 0 unspecified atom stereocenters. The van der Waals surface area contributed by atoms with Gasteiger partial charge in [0.05, 0.1) is 0 Å². The van der Waals surface area contributed by atoms with Gasteiger partial charge < -0.3 is 10.2 Å². The maximum Gasteiger partial charge on any atom is 0.220 e. The van der Waals surface area contributed by atoms with Crippen molar-refractivity contribution in [1.82, 2.24) is 5.32 Å². The number of aryl methyl sites for hydroxylation is 2. The number of carbonyl (C=O) groups excluding carboxylic acids is 2. The van der Waals surface area contributed by atoms with Crippen LogP contribution in [0.15, 0.2) is 48.5 Å². The third-order valence-electron chi connectivity index (χ3n) is 4.97. The summed E-state index contributed by atoms with van der Waals surface area (Å²) in [5, 5.41) is 2.90. The van der Waals surface area contributed by atoms with Gasteiger partial charge in [-0.1, -0.05) is 30.3 Å². The third-order valence-corrected chi connectivity index (χ3v) is 4.97. The standard InChI is InChI=1S/C22H26N2O2/c1-24(20-8-3-2-4-9-20)15-14-23-22(26)13-12-21(25)19-11-10-17-6-5-7-18(17)16-19/h2-4,8-11,16H,5-7,12-15H2,1H3,(H,23,26). The van der Waals surface area contributed by atoms with Crippen molar-refractivity contribution in [2.24, 2.45) is 0 Å². The van der Waals surface area contributed by atoms with Crippen molar-refractivity contribution >= 4 is 17.4 Å². The van der Waals surface area contributed by atoms with E-state index in [1.165, 1.54) is 17.5 Å². The van der Waals surface area contributed by atoms with E-state index in [1.807, 2.05) is 49.5 Å². The summed E-state index contributed by atoms with van der Waals surface area (Å²) in [6, 6.07) is 16.0. The van der Waals surface area contributed by atoms with E-state index >= 15 is 0 Å². The van der Waals surface area contributed by atoms with Crippen molar-refractivity contribution in [2.75, 3.05) is 25.0 Å². The Bertz CT molecular complexity index is 771.